The van der Waals surface area contributed by atoms with E-state index in [4.69, 9.17) is 18.7 Å². The van der Waals surface area contributed by atoms with Crippen molar-refractivity contribution >= 4 is 5.91 Å². The second-order valence-corrected chi connectivity index (χ2v) is 6.28. The molecule has 8 nitrogen and oxygen atoms in total. The number of carbonyl (C=O) groups excluding carboxylic acids is 1. The summed E-state index contributed by atoms with van der Waals surface area (Å²) in [6, 6.07) is 12.3. The van der Waals surface area contributed by atoms with Crippen molar-refractivity contribution < 1.29 is 23.5 Å². The molecule has 0 spiro atoms. The number of ether oxygens (including phenoxy) is 3. The van der Waals surface area contributed by atoms with E-state index in [1.807, 2.05) is 24.3 Å². The molecule has 3 rings (SSSR count). The highest BCUT2D eigenvalue weighted by Crippen LogP contribution is 2.26. The molecule has 0 saturated heterocycles. The van der Waals surface area contributed by atoms with Gasteiger partial charge in [0.1, 0.15) is 23.8 Å². The topological polar surface area (TPSA) is 86.9 Å². The molecule has 0 saturated carbocycles. The first-order chi connectivity index (χ1) is 14.6. The lowest BCUT2D eigenvalue weighted by Gasteiger charge is -2.20. The molecule has 0 aliphatic heterocycles. The van der Waals surface area contributed by atoms with Crippen molar-refractivity contribution in [3.05, 3.63) is 66.6 Å². The van der Waals surface area contributed by atoms with Gasteiger partial charge >= 0.3 is 0 Å². The van der Waals surface area contributed by atoms with Crippen LogP contribution in [0.4, 0.5) is 0 Å². The maximum atomic E-state index is 13.1. The van der Waals surface area contributed by atoms with Crippen molar-refractivity contribution in [3.8, 4) is 28.6 Å². The van der Waals surface area contributed by atoms with Gasteiger partial charge in [0.25, 0.3) is 5.91 Å². The minimum absolute atomic E-state index is 0.128. The summed E-state index contributed by atoms with van der Waals surface area (Å²) in [6.45, 7) is 4.16. The largest absolute Gasteiger partial charge is 0.497 e. The molecule has 2 aromatic carbocycles. The zero-order valence-corrected chi connectivity index (χ0v) is 17.1. The van der Waals surface area contributed by atoms with Crippen molar-refractivity contribution in [1.29, 1.82) is 0 Å². The first-order valence-electron chi connectivity index (χ1n) is 9.18. The minimum atomic E-state index is -0.251. The number of hydrogen-bond donors (Lipinski definition) is 0. The van der Waals surface area contributed by atoms with Crippen LogP contribution in [-0.2, 0) is 6.54 Å². The molecule has 156 valence electrons. The predicted molar refractivity (Wildman–Crippen MR) is 111 cm³/mol. The van der Waals surface area contributed by atoms with Crippen LogP contribution >= 0.6 is 0 Å². The molecule has 0 unspecified atom stereocenters. The molecule has 30 heavy (non-hydrogen) atoms. The van der Waals surface area contributed by atoms with E-state index in [2.05, 4.69) is 16.7 Å². The summed E-state index contributed by atoms with van der Waals surface area (Å²) in [7, 11) is 4.66. The van der Waals surface area contributed by atoms with Crippen LogP contribution < -0.4 is 14.2 Å². The fourth-order valence-corrected chi connectivity index (χ4v) is 2.86. The lowest BCUT2D eigenvalue weighted by Crippen LogP contribution is -2.31. The third-order valence-corrected chi connectivity index (χ3v) is 4.42. The normalized spacial score (nSPS) is 10.4. The monoisotopic (exact) mass is 409 g/mol. The van der Waals surface area contributed by atoms with Crippen LogP contribution in [0.1, 0.15) is 16.2 Å². The van der Waals surface area contributed by atoms with Gasteiger partial charge in [-0.05, 0) is 36.4 Å². The highest BCUT2D eigenvalue weighted by molar-refractivity contribution is 5.97. The number of amides is 1. The lowest BCUT2D eigenvalue weighted by molar-refractivity contribution is 0.0742. The van der Waals surface area contributed by atoms with E-state index in [9.17, 15) is 4.79 Å². The zero-order chi connectivity index (χ0) is 21.5. The molecule has 3 aromatic rings. The number of methoxy groups -OCH3 is 3. The number of nitrogens with zero attached hydrogens (tertiary/aromatic N) is 3. The Bertz CT molecular complexity index is 1010. The van der Waals surface area contributed by atoms with Gasteiger partial charge in [0.2, 0.25) is 11.7 Å². The third kappa shape index (κ3) is 4.60. The Hall–Kier alpha value is -3.81. The molecule has 8 heteroatoms. The van der Waals surface area contributed by atoms with E-state index in [1.54, 1.807) is 43.4 Å². The number of carbonyl (C=O) groups is 1. The molecule has 0 bridgehead atoms. The minimum Gasteiger partial charge on any atom is -0.497 e. The van der Waals surface area contributed by atoms with Crippen molar-refractivity contribution in [2.24, 2.45) is 0 Å². The molecule has 1 amide bonds. The van der Waals surface area contributed by atoms with Crippen LogP contribution in [0, 0.1) is 0 Å². The fraction of sp³-hybridized carbons (Fsp3) is 0.227. The highest BCUT2D eigenvalue weighted by Gasteiger charge is 2.22. The van der Waals surface area contributed by atoms with Gasteiger partial charge in [0.05, 0.1) is 26.9 Å². The van der Waals surface area contributed by atoms with Crippen LogP contribution in [0.25, 0.3) is 11.4 Å². The Balaban J connectivity index is 1.81. The van der Waals surface area contributed by atoms with E-state index >= 15 is 0 Å². The predicted octanol–water partition coefficient (Wildman–Crippen LogP) is 3.59. The Morgan fingerprint density at radius 2 is 1.77 bits per heavy atom. The quantitative estimate of drug-likeness (QED) is 0.499. The average molecular weight is 409 g/mol. The SMILES string of the molecule is C=CCN(Cc1nc(-c2ccc(OC)cc2)no1)C(=O)c1ccc(OC)cc1OC. The standard InChI is InChI=1S/C22H23N3O5/c1-5-12-25(22(26)18-11-10-17(28-3)13-19(18)29-4)14-20-23-21(24-30-20)15-6-8-16(27-2)9-7-15/h5-11,13H,1,12,14H2,2-4H3. The molecule has 0 N–H and O–H groups in total. The molecular weight excluding hydrogens is 386 g/mol. The van der Waals surface area contributed by atoms with E-state index in [-0.39, 0.29) is 12.5 Å². The van der Waals surface area contributed by atoms with Gasteiger partial charge in [-0.15, -0.1) is 6.58 Å². The number of aromatic nitrogens is 2. The number of hydrogen-bond acceptors (Lipinski definition) is 7. The smallest absolute Gasteiger partial charge is 0.258 e. The molecular formula is C22H23N3O5. The second kappa shape index (κ2) is 9.60. The van der Waals surface area contributed by atoms with Crippen LogP contribution in [-0.4, -0.2) is 48.8 Å². The van der Waals surface area contributed by atoms with Crippen LogP contribution in [0.5, 0.6) is 17.2 Å². The maximum Gasteiger partial charge on any atom is 0.258 e. The van der Waals surface area contributed by atoms with Crippen molar-refractivity contribution in [2.75, 3.05) is 27.9 Å². The molecule has 1 heterocycles. The molecule has 0 fully saturated rings. The Labute approximate surface area is 174 Å². The summed E-state index contributed by atoms with van der Waals surface area (Å²) >= 11 is 0. The maximum absolute atomic E-state index is 13.1. The number of rotatable bonds is 9. The van der Waals surface area contributed by atoms with Crippen molar-refractivity contribution in [1.82, 2.24) is 15.0 Å². The van der Waals surface area contributed by atoms with E-state index in [0.29, 0.717) is 35.3 Å². The van der Waals surface area contributed by atoms with Gasteiger partial charge in [-0.25, -0.2) is 0 Å². The van der Waals surface area contributed by atoms with Gasteiger partial charge in [-0.3, -0.25) is 4.79 Å². The highest BCUT2D eigenvalue weighted by atomic mass is 16.5. The lowest BCUT2D eigenvalue weighted by atomic mass is 10.1. The molecule has 0 radical (unpaired) electrons. The summed E-state index contributed by atoms with van der Waals surface area (Å²) in [4.78, 5) is 19.1. The van der Waals surface area contributed by atoms with Gasteiger partial charge in [-0.1, -0.05) is 11.2 Å². The second-order valence-electron chi connectivity index (χ2n) is 6.28. The summed E-state index contributed by atoms with van der Waals surface area (Å²) < 4.78 is 21.1. The van der Waals surface area contributed by atoms with Crippen molar-refractivity contribution in [2.45, 2.75) is 6.54 Å². The van der Waals surface area contributed by atoms with Gasteiger partial charge in [0, 0.05) is 18.2 Å². The van der Waals surface area contributed by atoms with Gasteiger partial charge in [-0.2, -0.15) is 4.98 Å². The molecule has 0 aliphatic carbocycles. The summed E-state index contributed by atoms with van der Waals surface area (Å²) in [5.41, 5.74) is 1.18. The van der Waals surface area contributed by atoms with Crippen molar-refractivity contribution in [3.63, 3.8) is 0 Å². The zero-order valence-electron chi connectivity index (χ0n) is 17.1. The molecule has 0 aliphatic rings. The van der Waals surface area contributed by atoms with Gasteiger partial charge in [0.15, 0.2) is 0 Å². The van der Waals surface area contributed by atoms with Gasteiger partial charge < -0.3 is 23.6 Å². The Kier molecular flexibility index (Phi) is 6.69. The summed E-state index contributed by atoms with van der Waals surface area (Å²) in [5, 5.41) is 4.01. The Morgan fingerprint density at radius 1 is 1.07 bits per heavy atom. The van der Waals surface area contributed by atoms with Crippen LogP contribution in [0.15, 0.2) is 59.6 Å². The van der Waals surface area contributed by atoms with E-state index in [0.717, 1.165) is 11.3 Å². The first kappa shape index (κ1) is 20.9. The van der Waals surface area contributed by atoms with E-state index < -0.39 is 0 Å². The van der Waals surface area contributed by atoms with Crippen LogP contribution in [0.3, 0.4) is 0 Å². The van der Waals surface area contributed by atoms with E-state index in [1.165, 1.54) is 7.11 Å². The third-order valence-electron chi connectivity index (χ3n) is 4.42. The average Bonchev–Trinajstić information content (AvgIpc) is 3.26. The summed E-state index contributed by atoms with van der Waals surface area (Å²) in [5.74, 6) is 2.24. The molecule has 0 atom stereocenters. The Morgan fingerprint density at radius 3 is 2.40 bits per heavy atom. The number of benzene rings is 2. The first-order valence-corrected chi connectivity index (χ1v) is 9.18. The van der Waals surface area contributed by atoms with Crippen LogP contribution in [0.2, 0.25) is 0 Å². The molecule has 1 aromatic heterocycles. The fourth-order valence-electron chi connectivity index (χ4n) is 2.86. The summed E-state index contributed by atoms with van der Waals surface area (Å²) in [6.07, 6.45) is 1.63.